The van der Waals surface area contributed by atoms with E-state index in [1.807, 2.05) is 44.2 Å². The van der Waals surface area contributed by atoms with Crippen LogP contribution in [-0.2, 0) is 25.5 Å². The largest absolute Gasteiger partial charge is 0.383 e. The predicted molar refractivity (Wildman–Crippen MR) is 211 cm³/mol. The number of nitrogens with one attached hydrogen (secondary N) is 5. The highest BCUT2D eigenvalue weighted by Gasteiger charge is 2.10. The van der Waals surface area contributed by atoms with Crippen molar-refractivity contribution in [3.63, 3.8) is 0 Å². The number of aromatic nitrogens is 3. The number of ether oxygens (including phenoxy) is 4. The molecule has 4 aromatic rings. The van der Waals surface area contributed by atoms with Gasteiger partial charge in [-0.05, 0) is 47.5 Å². The molecule has 1 heterocycles. The van der Waals surface area contributed by atoms with Crippen LogP contribution in [0, 0.1) is 5.82 Å². The Morgan fingerprint density at radius 2 is 1.20 bits per heavy atom. The third-order valence-electron chi connectivity index (χ3n) is 7.18. The molecule has 0 spiro atoms. The van der Waals surface area contributed by atoms with Crippen molar-refractivity contribution >= 4 is 35.1 Å². The van der Waals surface area contributed by atoms with Gasteiger partial charge in [0.2, 0.25) is 17.8 Å². The fourth-order valence-corrected chi connectivity index (χ4v) is 4.52. The Balaban J connectivity index is 0.00000385. The van der Waals surface area contributed by atoms with Gasteiger partial charge in [-0.3, -0.25) is 4.79 Å². The second kappa shape index (κ2) is 26.6. The highest BCUT2D eigenvalue weighted by Crippen LogP contribution is 2.17. The number of carbonyl (C=O) groups is 1. The van der Waals surface area contributed by atoms with Gasteiger partial charge in [0.25, 0.3) is 5.91 Å². The number of nitrogens with zero attached hydrogens (tertiary/aromatic N) is 3. The van der Waals surface area contributed by atoms with E-state index in [0.29, 0.717) is 109 Å². The molecule has 292 valence electrons. The van der Waals surface area contributed by atoms with Crippen LogP contribution in [0.4, 0.5) is 27.9 Å². The van der Waals surface area contributed by atoms with E-state index in [1.54, 1.807) is 36.4 Å². The van der Waals surface area contributed by atoms with Crippen molar-refractivity contribution in [1.29, 1.82) is 0 Å². The van der Waals surface area contributed by atoms with Crippen molar-refractivity contribution in [1.82, 2.24) is 25.6 Å². The molecule has 0 saturated heterocycles. The Bertz CT molecular complexity index is 1620. The maximum absolute atomic E-state index is 13.4. The molecule has 0 aliphatic rings. The molecule has 1 aromatic heterocycles. The van der Waals surface area contributed by atoms with E-state index in [0.717, 1.165) is 16.8 Å². The highest BCUT2D eigenvalue weighted by atomic mass is 19.1. The van der Waals surface area contributed by atoms with Crippen molar-refractivity contribution < 1.29 is 28.1 Å². The number of hydrogen-bond acceptors (Lipinski definition) is 13. The van der Waals surface area contributed by atoms with E-state index in [4.69, 9.17) is 24.7 Å². The summed E-state index contributed by atoms with van der Waals surface area (Å²) in [6.45, 7) is 13.9. The van der Waals surface area contributed by atoms with E-state index in [-0.39, 0.29) is 17.7 Å². The second-order valence-corrected chi connectivity index (χ2v) is 11.2. The molecule has 0 atom stereocenters. The normalized spacial score (nSPS) is 10.5. The Morgan fingerprint density at radius 1 is 0.648 bits per heavy atom. The number of amides is 1. The summed E-state index contributed by atoms with van der Waals surface area (Å²) in [7, 11) is 0. The van der Waals surface area contributed by atoms with Crippen LogP contribution in [0.2, 0.25) is 0 Å². The topological polar surface area (TPSA) is 179 Å². The molecule has 0 saturated carbocycles. The summed E-state index contributed by atoms with van der Waals surface area (Å²) in [5.74, 6) is 0.390. The van der Waals surface area contributed by atoms with Crippen molar-refractivity contribution in [2.45, 2.75) is 20.4 Å². The lowest BCUT2D eigenvalue weighted by molar-refractivity contribution is 0.0511. The van der Waals surface area contributed by atoms with Gasteiger partial charge in [0.05, 0.1) is 52.9 Å². The summed E-state index contributed by atoms with van der Waals surface area (Å²) in [6.07, 6.45) is 0. The third kappa shape index (κ3) is 17.6. The Labute approximate surface area is 317 Å². The lowest BCUT2D eigenvalue weighted by atomic mass is 10.2. The van der Waals surface area contributed by atoms with Gasteiger partial charge in [0, 0.05) is 49.7 Å². The first kappa shape index (κ1) is 43.2. The number of halogens is 1. The Hall–Kier alpha value is -5.19. The minimum atomic E-state index is -0.310. The van der Waals surface area contributed by atoms with Crippen LogP contribution in [0.15, 0.2) is 85.4 Å². The summed E-state index contributed by atoms with van der Waals surface area (Å²) < 4.78 is 35.4. The molecule has 54 heavy (non-hydrogen) atoms. The molecule has 3 aromatic carbocycles. The fraction of sp³-hybridized carbons (Fsp3) is 0.385. The van der Waals surface area contributed by atoms with Gasteiger partial charge in [-0.2, -0.15) is 15.0 Å². The average molecular weight is 748 g/mol. The second-order valence-electron chi connectivity index (χ2n) is 11.2. The van der Waals surface area contributed by atoms with E-state index in [9.17, 15) is 9.18 Å². The third-order valence-corrected chi connectivity index (χ3v) is 7.18. The van der Waals surface area contributed by atoms with Crippen molar-refractivity contribution in [2.24, 2.45) is 5.73 Å². The molecule has 7 N–H and O–H groups in total. The molecule has 4 rings (SSSR count). The molecule has 15 heteroatoms. The van der Waals surface area contributed by atoms with E-state index in [1.165, 1.54) is 12.1 Å². The quantitative estimate of drug-likeness (QED) is 0.0483. The molecule has 0 aliphatic heterocycles. The molecule has 14 nitrogen and oxygen atoms in total. The van der Waals surface area contributed by atoms with Gasteiger partial charge >= 0.3 is 0 Å². The Kier molecular flexibility index (Phi) is 21.3. The van der Waals surface area contributed by atoms with Crippen molar-refractivity contribution in [3.8, 4) is 0 Å². The lowest BCUT2D eigenvalue weighted by Gasteiger charge is -2.12. The van der Waals surface area contributed by atoms with Crippen LogP contribution in [0.5, 0.6) is 0 Å². The first-order valence-electron chi connectivity index (χ1n) is 18.1. The van der Waals surface area contributed by atoms with E-state index < -0.39 is 0 Å². The number of rotatable bonds is 26. The van der Waals surface area contributed by atoms with Gasteiger partial charge < -0.3 is 51.3 Å². The first-order chi connectivity index (χ1) is 26.5. The first-order valence-corrected chi connectivity index (χ1v) is 18.1. The van der Waals surface area contributed by atoms with Gasteiger partial charge in [-0.1, -0.05) is 62.9 Å². The van der Waals surface area contributed by atoms with E-state index in [2.05, 4.69) is 48.1 Å². The summed E-state index contributed by atoms with van der Waals surface area (Å²) >= 11 is 0. The van der Waals surface area contributed by atoms with E-state index >= 15 is 0 Å². The SMILES string of the molecule is C=C(NCCOCCOCCNc1nc(NCc2ccc(F)cc2)nc(Nc2ccc(C(=O)NCCOCCOCCN)cc2)n1)c1ccccc1.CC. The highest BCUT2D eigenvalue weighted by molar-refractivity contribution is 5.94. The maximum Gasteiger partial charge on any atom is 0.251 e. The van der Waals surface area contributed by atoms with Crippen LogP contribution >= 0.6 is 0 Å². The molecule has 0 bridgehead atoms. The summed E-state index contributed by atoms with van der Waals surface area (Å²) in [4.78, 5) is 26.0. The minimum Gasteiger partial charge on any atom is -0.383 e. The van der Waals surface area contributed by atoms with Crippen LogP contribution in [0.3, 0.4) is 0 Å². The van der Waals surface area contributed by atoms with Crippen LogP contribution < -0.4 is 32.3 Å². The van der Waals surface area contributed by atoms with Crippen molar-refractivity contribution in [3.05, 3.63) is 108 Å². The van der Waals surface area contributed by atoms with Crippen molar-refractivity contribution in [2.75, 3.05) is 95.0 Å². The molecular weight excluding hydrogens is 693 g/mol. The molecule has 0 aliphatic carbocycles. The lowest BCUT2D eigenvalue weighted by Crippen LogP contribution is -2.27. The molecule has 0 fully saturated rings. The van der Waals surface area contributed by atoms with Crippen LogP contribution in [0.1, 0.15) is 35.3 Å². The molecule has 0 unspecified atom stereocenters. The fourth-order valence-electron chi connectivity index (χ4n) is 4.52. The summed E-state index contributed by atoms with van der Waals surface area (Å²) in [6, 6.07) is 23.0. The van der Waals surface area contributed by atoms with Crippen LogP contribution in [-0.4, -0.2) is 99.9 Å². The monoisotopic (exact) mass is 747 g/mol. The summed E-state index contributed by atoms with van der Waals surface area (Å²) in [5.41, 5.74) is 9.30. The number of nitrogens with two attached hydrogens (primary N) is 1. The number of anilines is 4. The molecule has 1 amide bonds. The summed E-state index contributed by atoms with van der Waals surface area (Å²) in [5, 5.41) is 15.6. The van der Waals surface area contributed by atoms with Gasteiger partial charge in [0.15, 0.2) is 0 Å². The molecule has 0 radical (unpaired) electrons. The zero-order valence-corrected chi connectivity index (χ0v) is 31.2. The number of benzene rings is 3. The molecular formula is C39H54FN9O5. The average Bonchev–Trinajstić information content (AvgIpc) is 3.20. The van der Waals surface area contributed by atoms with Crippen LogP contribution in [0.25, 0.3) is 5.70 Å². The maximum atomic E-state index is 13.4. The number of hydrogen-bond donors (Lipinski definition) is 6. The van der Waals surface area contributed by atoms with Gasteiger partial charge in [-0.25, -0.2) is 4.39 Å². The zero-order valence-electron chi connectivity index (χ0n) is 31.2. The smallest absolute Gasteiger partial charge is 0.251 e. The predicted octanol–water partition coefficient (Wildman–Crippen LogP) is 4.82. The van der Waals surface area contributed by atoms with Gasteiger partial charge in [-0.15, -0.1) is 0 Å². The zero-order chi connectivity index (χ0) is 38.6. The minimum absolute atomic E-state index is 0.218. The Morgan fingerprint density at radius 3 is 1.83 bits per heavy atom. The standard InChI is InChI=1S/C37H48FN9O5.C2H6/c1-28(30-5-3-2-4-6-30)40-16-20-50-25-26-52-22-18-42-35-45-36(43-27-29-7-11-32(38)12-8-29)47-37(46-35)44-33-13-9-31(10-14-33)34(48)41-17-21-51-24-23-49-19-15-39;1-2/h2-14,40H,1,15-27,39H2,(H,41,48)(H3,42,43,44,45,46,47);1-2H3. The van der Waals surface area contributed by atoms with Gasteiger partial charge in [0.1, 0.15) is 5.82 Å². The number of carbonyl (C=O) groups excluding carboxylic acids is 1.